The number of hydrogen-bond acceptors (Lipinski definition) is 3. The van der Waals surface area contributed by atoms with E-state index in [0.717, 1.165) is 6.07 Å². The number of halogens is 3. The average Bonchev–Trinajstić information content (AvgIpc) is 2.34. The smallest absolute Gasteiger partial charge is 0.383 e. The van der Waals surface area contributed by atoms with Gasteiger partial charge >= 0.3 is 6.18 Å². The Hall–Kier alpha value is -1.58. The van der Waals surface area contributed by atoms with E-state index in [1.165, 1.54) is 25.3 Å². The van der Waals surface area contributed by atoms with E-state index in [1.807, 2.05) is 6.07 Å². The summed E-state index contributed by atoms with van der Waals surface area (Å²) >= 11 is 0. The lowest BCUT2D eigenvalue weighted by Crippen LogP contribution is -2.26. The third-order valence-electron chi connectivity index (χ3n) is 2.36. The van der Waals surface area contributed by atoms with E-state index in [9.17, 15) is 13.2 Å². The number of benzene rings is 1. The van der Waals surface area contributed by atoms with Gasteiger partial charge in [0.1, 0.15) is 6.04 Å². The highest BCUT2D eigenvalue weighted by Gasteiger charge is 2.34. The number of methoxy groups -OCH3 is 1. The molecule has 0 amide bonds. The van der Waals surface area contributed by atoms with Gasteiger partial charge in [-0.05, 0) is 11.6 Å². The van der Waals surface area contributed by atoms with Crippen molar-refractivity contribution in [1.82, 2.24) is 5.32 Å². The van der Waals surface area contributed by atoms with Crippen LogP contribution < -0.4 is 5.32 Å². The molecule has 6 heteroatoms. The molecule has 1 aromatic rings. The molecule has 0 fully saturated rings. The van der Waals surface area contributed by atoms with Gasteiger partial charge in [0, 0.05) is 13.7 Å². The molecule has 18 heavy (non-hydrogen) atoms. The monoisotopic (exact) mass is 258 g/mol. The first kappa shape index (κ1) is 14.5. The van der Waals surface area contributed by atoms with Crippen LogP contribution in [0.15, 0.2) is 24.3 Å². The van der Waals surface area contributed by atoms with Gasteiger partial charge in [0.05, 0.1) is 18.2 Å². The summed E-state index contributed by atoms with van der Waals surface area (Å²) in [6.45, 7) is 0.632. The average molecular weight is 258 g/mol. The molecule has 0 aliphatic heterocycles. The van der Waals surface area contributed by atoms with Crippen LogP contribution in [0.25, 0.3) is 0 Å². The van der Waals surface area contributed by atoms with Crippen molar-refractivity contribution in [2.24, 2.45) is 0 Å². The molecule has 0 heterocycles. The van der Waals surface area contributed by atoms with E-state index >= 15 is 0 Å². The number of nitrogens with one attached hydrogen (secondary N) is 1. The number of nitriles is 1. The van der Waals surface area contributed by atoms with Gasteiger partial charge in [-0.15, -0.1) is 0 Å². The Kier molecular flexibility index (Phi) is 5.13. The maximum atomic E-state index is 12.8. The first-order valence-corrected chi connectivity index (χ1v) is 5.28. The highest BCUT2D eigenvalue weighted by Crippen LogP contribution is 2.34. The molecule has 1 N–H and O–H groups in total. The maximum absolute atomic E-state index is 12.8. The second kappa shape index (κ2) is 6.38. The molecule has 0 aliphatic rings. The maximum Gasteiger partial charge on any atom is 0.416 e. The second-order valence-electron chi connectivity index (χ2n) is 3.59. The van der Waals surface area contributed by atoms with Crippen LogP contribution in [0, 0.1) is 11.3 Å². The molecule has 0 aromatic heterocycles. The van der Waals surface area contributed by atoms with Crippen LogP contribution in [0.2, 0.25) is 0 Å². The Labute approximate surface area is 103 Å². The summed E-state index contributed by atoms with van der Waals surface area (Å²) in [6.07, 6.45) is -4.46. The molecule has 1 rings (SSSR count). The first-order chi connectivity index (χ1) is 8.50. The third kappa shape index (κ3) is 3.72. The summed E-state index contributed by atoms with van der Waals surface area (Å²) in [5.74, 6) is 0. The van der Waals surface area contributed by atoms with E-state index in [4.69, 9.17) is 10.00 Å². The lowest BCUT2D eigenvalue weighted by molar-refractivity contribution is -0.138. The zero-order chi connectivity index (χ0) is 13.6. The van der Waals surface area contributed by atoms with Crippen molar-refractivity contribution >= 4 is 0 Å². The van der Waals surface area contributed by atoms with Crippen molar-refractivity contribution in [1.29, 1.82) is 5.26 Å². The van der Waals surface area contributed by atoms with Crippen molar-refractivity contribution in [3.63, 3.8) is 0 Å². The van der Waals surface area contributed by atoms with Crippen molar-refractivity contribution in [2.75, 3.05) is 20.3 Å². The molecule has 0 bridgehead atoms. The lowest BCUT2D eigenvalue weighted by Gasteiger charge is -2.17. The minimum atomic E-state index is -4.46. The van der Waals surface area contributed by atoms with Gasteiger partial charge in [-0.1, -0.05) is 18.2 Å². The summed E-state index contributed by atoms with van der Waals surface area (Å²) < 4.78 is 43.1. The Bertz CT molecular complexity index is 426. The van der Waals surface area contributed by atoms with E-state index in [-0.39, 0.29) is 5.56 Å². The summed E-state index contributed by atoms with van der Waals surface area (Å²) in [5, 5.41) is 11.7. The molecule has 0 saturated heterocycles. The van der Waals surface area contributed by atoms with Crippen LogP contribution in [-0.4, -0.2) is 20.3 Å². The van der Waals surface area contributed by atoms with Crippen molar-refractivity contribution < 1.29 is 17.9 Å². The molecule has 98 valence electrons. The van der Waals surface area contributed by atoms with E-state index in [0.29, 0.717) is 13.2 Å². The quantitative estimate of drug-likeness (QED) is 0.825. The van der Waals surface area contributed by atoms with Gasteiger partial charge < -0.3 is 4.74 Å². The lowest BCUT2D eigenvalue weighted by atomic mass is 10.0. The molecule has 0 spiro atoms. The zero-order valence-corrected chi connectivity index (χ0v) is 9.79. The van der Waals surface area contributed by atoms with E-state index in [1.54, 1.807) is 0 Å². The second-order valence-corrected chi connectivity index (χ2v) is 3.59. The molecule has 1 unspecified atom stereocenters. The Morgan fingerprint density at radius 2 is 2.06 bits per heavy atom. The van der Waals surface area contributed by atoms with Crippen molar-refractivity contribution in [2.45, 2.75) is 12.2 Å². The Morgan fingerprint density at radius 3 is 2.61 bits per heavy atom. The number of rotatable bonds is 5. The van der Waals surface area contributed by atoms with Gasteiger partial charge in [0.2, 0.25) is 0 Å². The highest BCUT2D eigenvalue weighted by molar-refractivity contribution is 5.35. The minimum Gasteiger partial charge on any atom is -0.383 e. The van der Waals surface area contributed by atoms with Crippen molar-refractivity contribution in [3.05, 3.63) is 35.4 Å². The van der Waals surface area contributed by atoms with E-state index in [2.05, 4.69) is 5.32 Å². The van der Waals surface area contributed by atoms with Gasteiger partial charge in [-0.3, -0.25) is 5.32 Å². The molecule has 1 aromatic carbocycles. The van der Waals surface area contributed by atoms with Gasteiger partial charge in [-0.25, -0.2) is 0 Å². The standard InChI is InChI=1S/C12H13F3N2O/c1-18-7-6-17-11(8-16)9-4-2-3-5-10(9)12(13,14)15/h2-5,11,17H,6-7H2,1H3. The molecular formula is C12H13F3N2O. The fourth-order valence-electron chi connectivity index (χ4n) is 1.54. The minimum absolute atomic E-state index is 0.0661. The predicted molar refractivity (Wildman–Crippen MR) is 59.7 cm³/mol. The van der Waals surface area contributed by atoms with Gasteiger partial charge in [0.15, 0.2) is 0 Å². The fraction of sp³-hybridized carbons (Fsp3) is 0.417. The van der Waals surface area contributed by atoms with Crippen LogP contribution in [-0.2, 0) is 10.9 Å². The first-order valence-electron chi connectivity index (χ1n) is 5.28. The topological polar surface area (TPSA) is 45.0 Å². The van der Waals surface area contributed by atoms with Crippen LogP contribution in [0.3, 0.4) is 0 Å². The molecule has 0 radical (unpaired) electrons. The number of hydrogen-bond donors (Lipinski definition) is 1. The van der Waals surface area contributed by atoms with Crippen LogP contribution in [0.4, 0.5) is 13.2 Å². The predicted octanol–water partition coefficient (Wildman–Crippen LogP) is 2.51. The number of alkyl halides is 3. The summed E-state index contributed by atoms with van der Waals surface area (Å²) in [5.41, 5.74) is -0.856. The van der Waals surface area contributed by atoms with Crippen LogP contribution in [0.5, 0.6) is 0 Å². The number of nitrogens with zero attached hydrogens (tertiary/aromatic N) is 1. The molecule has 1 atom stereocenters. The normalized spacial score (nSPS) is 13.1. The largest absolute Gasteiger partial charge is 0.416 e. The summed E-state index contributed by atoms with van der Waals surface area (Å²) in [6, 6.07) is 5.87. The van der Waals surface area contributed by atoms with Gasteiger partial charge in [0.25, 0.3) is 0 Å². The van der Waals surface area contributed by atoms with E-state index < -0.39 is 17.8 Å². The molecule has 0 aliphatic carbocycles. The van der Waals surface area contributed by atoms with Crippen LogP contribution >= 0.6 is 0 Å². The highest BCUT2D eigenvalue weighted by atomic mass is 19.4. The third-order valence-corrected chi connectivity index (χ3v) is 2.36. The fourth-order valence-corrected chi connectivity index (χ4v) is 1.54. The molecular weight excluding hydrogens is 245 g/mol. The zero-order valence-electron chi connectivity index (χ0n) is 9.79. The summed E-state index contributed by atoms with van der Waals surface area (Å²) in [4.78, 5) is 0. The SMILES string of the molecule is COCCNC(C#N)c1ccccc1C(F)(F)F. The van der Waals surface area contributed by atoms with Crippen LogP contribution in [0.1, 0.15) is 17.2 Å². The Balaban J connectivity index is 2.96. The molecule has 0 saturated carbocycles. The van der Waals surface area contributed by atoms with Gasteiger partial charge in [-0.2, -0.15) is 18.4 Å². The summed E-state index contributed by atoms with van der Waals surface area (Å²) in [7, 11) is 1.48. The van der Waals surface area contributed by atoms with Crippen molar-refractivity contribution in [3.8, 4) is 6.07 Å². The molecule has 3 nitrogen and oxygen atoms in total. The number of ether oxygens (including phenoxy) is 1. The Morgan fingerprint density at radius 1 is 1.39 bits per heavy atom.